The second kappa shape index (κ2) is 9.33. The van der Waals surface area contributed by atoms with Crippen molar-refractivity contribution in [3.8, 4) is 0 Å². The van der Waals surface area contributed by atoms with Gasteiger partial charge in [-0.15, -0.1) is 0 Å². The second-order valence-electron chi connectivity index (χ2n) is 6.66. The third kappa shape index (κ3) is 4.37. The van der Waals surface area contributed by atoms with E-state index in [1.807, 2.05) is 6.92 Å². The van der Waals surface area contributed by atoms with Crippen LogP contribution in [-0.4, -0.2) is 20.7 Å². The van der Waals surface area contributed by atoms with Crippen LogP contribution in [-0.2, 0) is 9.53 Å². The Morgan fingerprint density at radius 3 is 1.52 bits per heavy atom. The normalized spacial score (nSPS) is 11.1. The van der Waals surface area contributed by atoms with E-state index in [0.717, 1.165) is 12.5 Å². The Balaban J connectivity index is 2.07. The number of hydrogen-bond donors (Lipinski definition) is 0. The van der Waals surface area contributed by atoms with E-state index in [4.69, 9.17) is 4.74 Å². The fraction of sp³-hybridized carbons (Fsp3) is 0.208. The van der Waals surface area contributed by atoms with Crippen molar-refractivity contribution in [2.24, 2.45) is 0 Å². The van der Waals surface area contributed by atoms with Crippen LogP contribution in [0.5, 0.6) is 0 Å². The molecule has 0 bridgehead atoms. The van der Waals surface area contributed by atoms with Gasteiger partial charge in [0.25, 0.3) is 0 Å². The Morgan fingerprint density at radius 2 is 1.15 bits per heavy atom. The summed E-state index contributed by atoms with van der Waals surface area (Å²) in [7, 11) is -2.22. The fourth-order valence-corrected chi connectivity index (χ4v) is 8.69. The molecule has 0 saturated carbocycles. The lowest BCUT2D eigenvalue weighted by Gasteiger charge is -2.34. The molecule has 0 aromatic heterocycles. The molecule has 0 heterocycles. The summed E-state index contributed by atoms with van der Waals surface area (Å²) in [5.41, 5.74) is 0. The molecule has 138 valence electrons. The van der Waals surface area contributed by atoms with Gasteiger partial charge in [0.1, 0.15) is 8.07 Å². The van der Waals surface area contributed by atoms with Gasteiger partial charge in [0.15, 0.2) is 0 Å². The summed E-state index contributed by atoms with van der Waals surface area (Å²) >= 11 is 0. The van der Waals surface area contributed by atoms with Crippen molar-refractivity contribution < 1.29 is 9.53 Å². The smallest absolute Gasteiger partial charge is 0.305 e. The molecular formula is C24H26O2Si. The van der Waals surface area contributed by atoms with E-state index in [9.17, 15) is 4.79 Å². The molecule has 0 aliphatic rings. The number of carbonyl (C=O) groups is 1. The van der Waals surface area contributed by atoms with E-state index in [1.54, 1.807) is 0 Å². The summed E-state index contributed by atoms with van der Waals surface area (Å²) in [6, 6.07) is 33.4. The van der Waals surface area contributed by atoms with Crippen molar-refractivity contribution in [1.29, 1.82) is 0 Å². The van der Waals surface area contributed by atoms with E-state index in [-0.39, 0.29) is 5.97 Å². The first-order valence-corrected chi connectivity index (χ1v) is 11.8. The predicted molar refractivity (Wildman–Crippen MR) is 115 cm³/mol. The first kappa shape index (κ1) is 19.1. The number of ether oxygens (including phenoxy) is 1. The molecule has 3 aromatic carbocycles. The second-order valence-corrected chi connectivity index (χ2v) is 10.7. The van der Waals surface area contributed by atoms with Crippen LogP contribution in [0, 0.1) is 0 Å². The van der Waals surface area contributed by atoms with Gasteiger partial charge in [0.05, 0.1) is 6.61 Å². The molecule has 0 radical (unpaired) electrons. The van der Waals surface area contributed by atoms with Crippen molar-refractivity contribution in [1.82, 2.24) is 0 Å². The van der Waals surface area contributed by atoms with Gasteiger partial charge in [-0.1, -0.05) is 91.0 Å². The lowest BCUT2D eigenvalue weighted by atomic mass is 10.3. The van der Waals surface area contributed by atoms with Crippen LogP contribution in [0.4, 0.5) is 0 Å². The predicted octanol–water partition coefficient (Wildman–Crippen LogP) is 3.50. The van der Waals surface area contributed by atoms with Crippen LogP contribution in [0.25, 0.3) is 0 Å². The van der Waals surface area contributed by atoms with Gasteiger partial charge in [0, 0.05) is 6.42 Å². The lowest BCUT2D eigenvalue weighted by molar-refractivity contribution is -0.143. The standard InChI is InChI=1S/C24H26O2Si/c1-2-26-24(25)19-12-20-27(21-13-6-3-7-14-21,22-15-8-4-9-16-22)23-17-10-5-11-18-23/h3-11,13-18H,2,12,19-20H2,1H3. The number of rotatable bonds is 8. The topological polar surface area (TPSA) is 26.3 Å². The molecule has 3 heteroatoms. The molecule has 0 atom stereocenters. The Labute approximate surface area is 162 Å². The average Bonchev–Trinajstić information content (AvgIpc) is 2.73. The molecule has 0 spiro atoms. The summed E-state index contributed by atoms with van der Waals surface area (Å²) in [4.78, 5) is 11.9. The molecule has 0 amide bonds. The monoisotopic (exact) mass is 374 g/mol. The zero-order chi connectivity index (χ0) is 19.0. The molecule has 2 nitrogen and oxygen atoms in total. The van der Waals surface area contributed by atoms with Crippen LogP contribution in [0.15, 0.2) is 91.0 Å². The summed E-state index contributed by atoms with van der Waals surface area (Å²) in [5, 5.41) is 4.14. The van der Waals surface area contributed by atoms with Gasteiger partial charge in [-0.05, 0) is 34.9 Å². The molecule has 0 unspecified atom stereocenters. The molecule has 0 saturated heterocycles. The minimum absolute atomic E-state index is 0.102. The largest absolute Gasteiger partial charge is 0.466 e. The average molecular weight is 375 g/mol. The Hall–Kier alpha value is -2.65. The molecule has 0 N–H and O–H groups in total. The van der Waals surface area contributed by atoms with E-state index >= 15 is 0 Å². The highest BCUT2D eigenvalue weighted by molar-refractivity contribution is 7.11. The maximum Gasteiger partial charge on any atom is 0.305 e. The highest BCUT2D eigenvalue weighted by Crippen LogP contribution is 2.17. The lowest BCUT2D eigenvalue weighted by Crippen LogP contribution is -2.66. The van der Waals surface area contributed by atoms with Gasteiger partial charge in [-0.25, -0.2) is 0 Å². The number of carbonyl (C=O) groups excluding carboxylic acids is 1. The molecule has 0 fully saturated rings. The molecule has 3 rings (SSSR count). The SMILES string of the molecule is CCOC(=O)CCC[Si](c1ccccc1)(c1ccccc1)c1ccccc1. The van der Waals surface area contributed by atoms with Crippen molar-refractivity contribution in [3.63, 3.8) is 0 Å². The first-order chi connectivity index (χ1) is 13.3. The van der Waals surface area contributed by atoms with Gasteiger partial charge in [0.2, 0.25) is 0 Å². The molecule has 0 aliphatic heterocycles. The molecule has 27 heavy (non-hydrogen) atoms. The van der Waals surface area contributed by atoms with Crippen LogP contribution in [0.2, 0.25) is 6.04 Å². The quantitative estimate of drug-likeness (QED) is 0.343. The number of hydrogen-bond acceptors (Lipinski definition) is 2. The molecular weight excluding hydrogens is 348 g/mol. The Kier molecular flexibility index (Phi) is 6.61. The van der Waals surface area contributed by atoms with Crippen molar-refractivity contribution in [2.45, 2.75) is 25.8 Å². The number of benzene rings is 3. The summed E-state index contributed by atoms with van der Waals surface area (Å²) in [5.74, 6) is -0.102. The fourth-order valence-electron chi connectivity index (χ4n) is 3.83. The van der Waals surface area contributed by atoms with Gasteiger partial charge >= 0.3 is 5.97 Å². The third-order valence-electron chi connectivity index (χ3n) is 5.04. The van der Waals surface area contributed by atoms with Crippen LogP contribution < -0.4 is 15.6 Å². The minimum Gasteiger partial charge on any atom is -0.466 e. The van der Waals surface area contributed by atoms with Crippen molar-refractivity contribution >= 4 is 29.6 Å². The van der Waals surface area contributed by atoms with Gasteiger partial charge < -0.3 is 4.74 Å². The van der Waals surface area contributed by atoms with Crippen LogP contribution >= 0.6 is 0 Å². The van der Waals surface area contributed by atoms with Crippen molar-refractivity contribution in [2.75, 3.05) is 6.61 Å². The van der Waals surface area contributed by atoms with Crippen LogP contribution in [0.1, 0.15) is 19.8 Å². The highest BCUT2D eigenvalue weighted by atomic mass is 28.3. The van der Waals surface area contributed by atoms with E-state index in [2.05, 4.69) is 91.0 Å². The summed E-state index contributed by atoms with van der Waals surface area (Å²) in [6.07, 6.45) is 1.29. The Morgan fingerprint density at radius 1 is 0.741 bits per heavy atom. The third-order valence-corrected chi connectivity index (χ3v) is 10.1. The zero-order valence-electron chi connectivity index (χ0n) is 15.8. The van der Waals surface area contributed by atoms with E-state index < -0.39 is 8.07 Å². The zero-order valence-corrected chi connectivity index (χ0v) is 16.8. The first-order valence-electron chi connectivity index (χ1n) is 9.59. The van der Waals surface area contributed by atoms with E-state index in [1.165, 1.54) is 15.6 Å². The summed E-state index contributed by atoms with van der Waals surface area (Å²) in [6.45, 7) is 2.30. The van der Waals surface area contributed by atoms with Gasteiger partial charge in [-0.2, -0.15) is 0 Å². The number of esters is 1. The minimum atomic E-state index is -2.22. The maximum absolute atomic E-state index is 11.9. The maximum atomic E-state index is 11.9. The molecule has 3 aromatic rings. The van der Waals surface area contributed by atoms with Crippen LogP contribution in [0.3, 0.4) is 0 Å². The Bertz CT molecular complexity index is 735. The highest BCUT2D eigenvalue weighted by Gasteiger charge is 2.38. The van der Waals surface area contributed by atoms with Crippen molar-refractivity contribution in [3.05, 3.63) is 91.0 Å². The summed E-state index contributed by atoms with van der Waals surface area (Å²) < 4.78 is 5.15. The van der Waals surface area contributed by atoms with Gasteiger partial charge in [-0.3, -0.25) is 4.79 Å². The molecule has 0 aliphatic carbocycles. The van der Waals surface area contributed by atoms with E-state index in [0.29, 0.717) is 13.0 Å².